The Bertz CT molecular complexity index is 1160. The van der Waals surface area contributed by atoms with Crippen LogP contribution in [0.4, 0.5) is 0 Å². The minimum absolute atomic E-state index is 0.126. The molecule has 5 heteroatoms. The van der Waals surface area contributed by atoms with Crippen molar-refractivity contribution in [2.24, 2.45) is 5.92 Å². The molecule has 0 spiro atoms. The number of thioether (sulfide) groups is 1. The lowest BCUT2D eigenvalue weighted by atomic mass is 9.92. The highest BCUT2D eigenvalue weighted by molar-refractivity contribution is 7.98. The number of benzene rings is 3. The number of carbonyl (C=O) groups is 2. The van der Waals surface area contributed by atoms with E-state index in [1.165, 1.54) is 21.6 Å². The molecule has 0 saturated carbocycles. The van der Waals surface area contributed by atoms with Gasteiger partial charge in [0.05, 0.1) is 18.8 Å². The van der Waals surface area contributed by atoms with Crippen LogP contribution >= 0.6 is 11.8 Å². The van der Waals surface area contributed by atoms with Crippen LogP contribution in [0, 0.1) is 5.92 Å². The summed E-state index contributed by atoms with van der Waals surface area (Å²) in [5.41, 5.74) is 4.26. The van der Waals surface area contributed by atoms with Crippen LogP contribution in [0.1, 0.15) is 66.6 Å². The number of hydrogen-bond acceptors (Lipinski definition) is 5. The maximum absolute atomic E-state index is 12.0. The van der Waals surface area contributed by atoms with Gasteiger partial charge in [0, 0.05) is 17.1 Å². The summed E-state index contributed by atoms with van der Waals surface area (Å²) in [5.74, 6) is 0.811. The Morgan fingerprint density at radius 3 is 2.26 bits per heavy atom. The summed E-state index contributed by atoms with van der Waals surface area (Å²) < 4.78 is 10.2. The van der Waals surface area contributed by atoms with Crippen molar-refractivity contribution in [3.8, 4) is 0 Å². The van der Waals surface area contributed by atoms with Gasteiger partial charge in [-0.05, 0) is 73.9 Å². The van der Waals surface area contributed by atoms with Crippen LogP contribution in [0.2, 0.25) is 0 Å². The van der Waals surface area contributed by atoms with Gasteiger partial charge in [-0.15, -0.1) is 11.8 Å². The van der Waals surface area contributed by atoms with E-state index in [1.807, 2.05) is 55.9 Å². The SMILES string of the molecule is CCOC(=O)CCCCC(C=Cc1ccccc1SCc1ccccc1)Cc1ccc(C(=O)OCC)cc1. The first-order valence-electron chi connectivity index (χ1n) is 13.4. The van der Waals surface area contributed by atoms with E-state index in [1.54, 1.807) is 0 Å². The van der Waals surface area contributed by atoms with Crippen molar-refractivity contribution in [2.45, 2.75) is 56.6 Å². The van der Waals surface area contributed by atoms with E-state index in [0.29, 0.717) is 31.1 Å². The van der Waals surface area contributed by atoms with Crippen LogP contribution in [0.3, 0.4) is 0 Å². The van der Waals surface area contributed by atoms with Crippen molar-refractivity contribution in [3.63, 3.8) is 0 Å². The Morgan fingerprint density at radius 2 is 1.53 bits per heavy atom. The molecule has 0 aliphatic carbocycles. The second kappa shape index (κ2) is 16.5. The second-order valence-corrected chi connectivity index (χ2v) is 10.1. The smallest absolute Gasteiger partial charge is 0.338 e. The zero-order valence-corrected chi connectivity index (χ0v) is 23.3. The second-order valence-electron chi connectivity index (χ2n) is 9.10. The monoisotopic (exact) mass is 530 g/mol. The number of rotatable bonds is 15. The summed E-state index contributed by atoms with van der Waals surface area (Å²) in [6, 6.07) is 26.7. The van der Waals surface area contributed by atoms with Crippen molar-refractivity contribution in [1.82, 2.24) is 0 Å². The molecule has 3 rings (SSSR count). The first-order valence-corrected chi connectivity index (χ1v) is 14.4. The molecule has 200 valence electrons. The molecule has 0 bridgehead atoms. The molecular weight excluding hydrogens is 492 g/mol. The normalized spacial score (nSPS) is 11.8. The van der Waals surface area contributed by atoms with Gasteiger partial charge in [-0.3, -0.25) is 4.79 Å². The summed E-state index contributed by atoms with van der Waals surface area (Å²) >= 11 is 1.85. The Morgan fingerprint density at radius 1 is 0.816 bits per heavy atom. The summed E-state index contributed by atoms with van der Waals surface area (Å²) in [5, 5.41) is 0. The van der Waals surface area contributed by atoms with Crippen LogP contribution in [0.5, 0.6) is 0 Å². The Labute approximate surface area is 231 Å². The van der Waals surface area contributed by atoms with Gasteiger partial charge in [-0.1, -0.05) is 79.2 Å². The molecule has 4 nitrogen and oxygen atoms in total. The number of hydrogen-bond donors (Lipinski definition) is 0. The molecule has 0 radical (unpaired) electrons. The van der Waals surface area contributed by atoms with Crippen LogP contribution in [-0.2, 0) is 26.4 Å². The molecule has 0 aliphatic rings. The van der Waals surface area contributed by atoms with Crippen molar-refractivity contribution in [2.75, 3.05) is 13.2 Å². The standard InChI is InChI=1S/C33H38O4S/c1-3-36-32(34)17-11-8-12-26(24-27-19-22-30(23-20-27)33(35)37-4-2)18-21-29-15-9-10-16-31(29)38-25-28-13-6-5-7-14-28/h5-7,9-10,13-16,18-23,26H,3-4,8,11-12,17,24-25H2,1-2H3. The van der Waals surface area contributed by atoms with Gasteiger partial charge in [0.1, 0.15) is 0 Å². The predicted molar refractivity (Wildman–Crippen MR) is 156 cm³/mol. The molecule has 0 saturated heterocycles. The van der Waals surface area contributed by atoms with Crippen LogP contribution in [0.25, 0.3) is 6.08 Å². The molecular formula is C33H38O4S. The third-order valence-corrected chi connectivity index (χ3v) is 7.34. The van der Waals surface area contributed by atoms with Crippen LogP contribution < -0.4 is 0 Å². The number of unbranched alkanes of at least 4 members (excludes halogenated alkanes) is 1. The lowest BCUT2D eigenvalue weighted by molar-refractivity contribution is -0.143. The number of carbonyl (C=O) groups excluding carboxylic acids is 2. The fourth-order valence-corrected chi connectivity index (χ4v) is 5.19. The predicted octanol–water partition coefficient (Wildman–Crippen LogP) is 8.15. The van der Waals surface area contributed by atoms with Gasteiger partial charge < -0.3 is 9.47 Å². The molecule has 0 heterocycles. The summed E-state index contributed by atoms with van der Waals surface area (Å²) in [6.07, 6.45) is 8.57. The first-order chi connectivity index (χ1) is 18.6. The van der Waals surface area contributed by atoms with Gasteiger partial charge >= 0.3 is 11.9 Å². The molecule has 3 aromatic carbocycles. The number of ether oxygens (including phenoxy) is 2. The van der Waals surface area contributed by atoms with Crippen molar-refractivity contribution < 1.29 is 19.1 Å². The molecule has 0 N–H and O–H groups in total. The van der Waals surface area contributed by atoms with Crippen LogP contribution in [0.15, 0.2) is 89.8 Å². The maximum Gasteiger partial charge on any atom is 0.338 e. The lowest BCUT2D eigenvalue weighted by Gasteiger charge is -2.14. The van der Waals surface area contributed by atoms with Crippen molar-refractivity contribution >= 4 is 29.8 Å². The van der Waals surface area contributed by atoms with E-state index in [2.05, 4.69) is 60.7 Å². The van der Waals surface area contributed by atoms with E-state index in [9.17, 15) is 9.59 Å². The number of esters is 2. The van der Waals surface area contributed by atoms with E-state index in [0.717, 1.165) is 31.4 Å². The zero-order chi connectivity index (χ0) is 27.0. The van der Waals surface area contributed by atoms with Gasteiger partial charge in [0.25, 0.3) is 0 Å². The molecule has 0 fully saturated rings. The zero-order valence-electron chi connectivity index (χ0n) is 22.4. The molecule has 0 aliphatic heterocycles. The highest BCUT2D eigenvalue weighted by Crippen LogP contribution is 2.28. The third-order valence-electron chi connectivity index (χ3n) is 6.18. The summed E-state index contributed by atoms with van der Waals surface area (Å²) in [4.78, 5) is 25.0. The summed E-state index contributed by atoms with van der Waals surface area (Å²) in [6.45, 7) is 4.43. The molecule has 3 aromatic rings. The minimum atomic E-state index is -0.293. The van der Waals surface area contributed by atoms with Crippen molar-refractivity contribution in [3.05, 3.63) is 107 Å². The average Bonchev–Trinajstić information content (AvgIpc) is 2.94. The molecule has 0 amide bonds. The van der Waals surface area contributed by atoms with E-state index in [-0.39, 0.29) is 11.9 Å². The molecule has 1 unspecified atom stereocenters. The minimum Gasteiger partial charge on any atom is -0.466 e. The Hall–Kier alpha value is -3.31. The lowest BCUT2D eigenvalue weighted by Crippen LogP contribution is -2.06. The highest BCUT2D eigenvalue weighted by Gasteiger charge is 2.11. The quantitative estimate of drug-likeness (QED) is 0.113. The fraction of sp³-hybridized carbons (Fsp3) is 0.333. The van der Waals surface area contributed by atoms with Gasteiger partial charge in [-0.25, -0.2) is 4.79 Å². The van der Waals surface area contributed by atoms with E-state index in [4.69, 9.17) is 9.47 Å². The average molecular weight is 531 g/mol. The Kier molecular flexibility index (Phi) is 12.7. The fourth-order valence-electron chi connectivity index (χ4n) is 4.19. The summed E-state index contributed by atoms with van der Waals surface area (Å²) in [7, 11) is 0. The van der Waals surface area contributed by atoms with E-state index < -0.39 is 0 Å². The first kappa shape index (κ1) is 29.2. The topological polar surface area (TPSA) is 52.6 Å². The van der Waals surface area contributed by atoms with Gasteiger partial charge in [-0.2, -0.15) is 0 Å². The van der Waals surface area contributed by atoms with Gasteiger partial charge in [0.15, 0.2) is 0 Å². The van der Waals surface area contributed by atoms with Crippen molar-refractivity contribution in [1.29, 1.82) is 0 Å². The number of allylic oxidation sites excluding steroid dienone is 1. The third kappa shape index (κ3) is 10.2. The van der Waals surface area contributed by atoms with Gasteiger partial charge in [0.2, 0.25) is 0 Å². The molecule has 0 aromatic heterocycles. The van der Waals surface area contributed by atoms with Crippen LogP contribution in [-0.4, -0.2) is 25.2 Å². The highest BCUT2D eigenvalue weighted by atomic mass is 32.2. The molecule has 38 heavy (non-hydrogen) atoms. The maximum atomic E-state index is 12.0. The Balaban J connectivity index is 1.69. The van der Waals surface area contributed by atoms with E-state index >= 15 is 0 Å². The molecule has 1 atom stereocenters. The largest absolute Gasteiger partial charge is 0.466 e.